The molecule has 18 heavy (non-hydrogen) atoms. The molecule has 3 heterocycles. The van der Waals surface area contributed by atoms with E-state index in [4.69, 9.17) is 11.6 Å². The summed E-state index contributed by atoms with van der Waals surface area (Å²) in [5, 5.41) is 0.754. The minimum Gasteiger partial charge on any atom is -0.337 e. The van der Waals surface area contributed by atoms with E-state index < -0.39 is 0 Å². The van der Waals surface area contributed by atoms with Crippen LogP contribution < -0.4 is 0 Å². The fourth-order valence-corrected chi connectivity index (χ4v) is 3.15. The average molecular weight is 278 g/mol. The van der Waals surface area contributed by atoms with Crippen LogP contribution in [0.1, 0.15) is 13.3 Å². The number of hydrogen-bond donors (Lipinski definition) is 0. The van der Waals surface area contributed by atoms with Crippen LogP contribution in [0.4, 0.5) is 0 Å². The van der Waals surface area contributed by atoms with Crippen molar-refractivity contribution in [2.45, 2.75) is 19.9 Å². The average Bonchev–Trinajstić information content (AvgIpc) is 2.96. The molecule has 0 fully saturated rings. The number of thiophene rings is 1. The summed E-state index contributed by atoms with van der Waals surface area (Å²) in [6, 6.07) is 3.87. The minimum atomic E-state index is 0.754. The monoisotopic (exact) mass is 277 g/mol. The molecule has 3 rings (SSSR count). The van der Waals surface area contributed by atoms with Gasteiger partial charge in [-0.15, -0.1) is 11.3 Å². The van der Waals surface area contributed by atoms with Gasteiger partial charge in [0.05, 0.1) is 32.1 Å². The van der Waals surface area contributed by atoms with E-state index in [9.17, 15) is 0 Å². The smallest absolute Gasteiger partial charge is 0.0982 e. The van der Waals surface area contributed by atoms with E-state index in [0.29, 0.717) is 0 Å². The van der Waals surface area contributed by atoms with Crippen molar-refractivity contribution in [3.63, 3.8) is 0 Å². The summed E-state index contributed by atoms with van der Waals surface area (Å²) < 4.78 is 3.13. The molecule has 0 saturated carbocycles. The molecule has 0 saturated heterocycles. The number of halogens is 1. The summed E-state index contributed by atoms with van der Waals surface area (Å²) in [6.07, 6.45) is 6.78. The van der Waals surface area contributed by atoms with Gasteiger partial charge in [-0.2, -0.15) is 0 Å². The molecule has 5 heteroatoms. The van der Waals surface area contributed by atoms with Crippen molar-refractivity contribution in [2.75, 3.05) is 0 Å². The largest absolute Gasteiger partial charge is 0.337 e. The molecule has 0 bridgehead atoms. The number of fused-ring (bicyclic) bond motifs is 1. The highest BCUT2D eigenvalue weighted by Crippen LogP contribution is 2.35. The normalized spacial score (nSPS) is 11.2. The SMILES string of the molecule is CCCn1cnc(-c2cc3nccc(Cl)c3s2)c1. The van der Waals surface area contributed by atoms with Crippen LogP contribution in [-0.4, -0.2) is 14.5 Å². The molecule has 0 aliphatic carbocycles. The lowest BCUT2D eigenvalue weighted by Crippen LogP contribution is -1.90. The van der Waals surface area contributed by atoms with Gasteiger partial charge in [0.25, 0.3) is 0 Å². The number of imidazole rings is 1. The zero-order valence-corrected chi connectivity index (χ0v) is 11.5. The number of pyridine rings is 1. The first-order valence-corrected chi connectivity index (χ1v) is 7.03. The summed E-state index contributed by atoms with van der Waals surface area (Å²) in [5.74, 6) is 0. The third kappa shape index (κ3) is 2.02. The third-order valence-electron chi connectivity index (χ3n) is 2.73. The molecule has 0 aliphatic rings. The van der Waals surface area contributed by atoms with Gasteiger partial charge in [0, 0.05) is 18.9 Å². The maximum atomic E-state index is 6.16. The van der Waals surface area contributed by atoms with Gasteiger partial charge < -0.3 is 4.57 Å². The number of aromatic nitrogens is 3. The fourth-order valence-electron chi connectivity index (χ4n) is 1.90. The maximum absolute atomic E-state index is 6.16. The van der Waals surface area contributed by atoms with Crippen molar-refractivity contribution in [3.05, 3.63) is 35.9 Å². The molecule has 0 atom stereocenters. The van der Waals surface area contributed by atoms with Crippen LogP contribution in [0.15, 0.2) is 30.9 Å². The van der Waals surface area contributed by atoms with Gasteiger partial charge in [-0.3, -0.25) is 4.98 Å². The van der Waals surface area contributed by atoms with E-state index in [-0.39, 0.29) is 0 Å². The van der Waals surface area contributed by atoms with Crippen molar-refractivity contribution in [3.8, 4) is 10.6 Å². The van der Waals surface area contributed by atoms with Gasteiger partial charge >= 0.3 is 0 Å². The summed E-state index contributed by atoms with van der Waals surface area (Å²) in [7, 11) is 0. The van der Waals surface area contributed by atoms with Crippen molar-refractivity contribution in [2.24, 2.45) is 0 Å². The Balaban J connectivity index is 2.05. The molecule has 3 nitrogen and oxygen atoms in total. The zero-order valence-electron chi connectivity index (χ0n) is 9.93. The lowest BCUT2D eigenvalue weighted by Gasteiger charge is -1.94. The highest BCUT2D eigenvalue weighted by atomic mass is 35.5. The summed E-state index contributed by atoms with van der Waals surface area (Å²) >= 11 is 7.80. The Morgan fingerprint density at radius 3 is 3.06 bits per heavy atom. The Hall–Kier alpha value is -1.39. The van der Waals surface area contributed by atoms with Crippen LogP contribution in [0.25, 0.3) is 20.8 Å². The molecular formula is C13H12ClN3S. The number of aryl methyl sites for hydroxylation is 1. The third-order valence-corrected chi connectivity index (χ3v) is 4.34. The second kappa shape index (κ2) is 4.71. The van der Waals surface area contributed by atoms with E-state index in [1.54, 1.807) is 17.5 Å². The molecule has 92 valence electrons. The predicted molar refractivity (Wildman–Crippen MR) is 76.1 cm³/mol. The summed E-state index contributed by atoms with van der Waals surface area (Å²) in [4.78, 5) is 9.87. The Labute approximate surface area is 114 Å². The van der Waals surface area contributed by atoms with Gasteiger partial charge in [-0.25, -0.2) is 4.98 Å². The van der Waals surface area contributed by atoms with Crippen molar-refractivity contribution < 1.29 is 0 Å². The molecule has 0 radical (unpaired) electrons. The minimum absolute atomic E-state index is 0.754. The lowest BCUT2D eigenvalue weighted by molar-refractivity contribution is 0.678. The van der Waals surface area contributed by atoms with Gasteiger partial charge in [-0.05, 0) is 18.6 Å². The Morgan fingerprint density at radius 2 is 2.28 bits per heavy atom. The first-order valence-electron chi connectivity index (χ1n) is 5.84. The molecule has 0 aliphatic heterocycles. The summed E-state index contributed by atoms with van der Waals surface area (Å²) in [5.41, 5.74) is 1.93. The van der Waals surface area contributed by atoms with Crippen LogP contribution in [0, 0.1) is 0 Å². The molecule has 0 amide bonds. The Morgan fingerprint density at radius 1 is 1.39 bits per heavy atom. The standard InChI is InChI=1S/C13H12ClN3S/c1-2-5-17-7-11(16-8-17)12-6-10-13(18-12)9(14)3-4-15-10/h3-4,6-8H,2,5H2,1H3. The quantitative estimate of drug-likeness (QED) is 0.717. The first-order chi connectivity index (χ1) is 8.78. The Bertz CT molecular complexity index is 686. The first kappa shape index (κ1) is 11.7. The summed E-state index contributed by atoms with van der Waals surface area (Å²) in [6.45, 7) is 3.15. The van der Waals surface area contributed by atoms with Gasteiger partial charge in [0.2, 0.25) is 0 Å². The highest BCUT2D eigenvalue weighted by molar-refractivity contribution is 7.22. The van der Waals surface area contributed by atoms with Crippen LogP contribution >= 0.6 is 22.9 Å². The molecule has 0 N–H and O–H groups in total. The van der Waals surface area contributed by atoms with Crippen molar-refractivity contribution in [1.29, 1.82) is 0 Å². The fraction of sp³-hybridized carbons (Fsp3) is 0.231. The van der Waals surface area contributed by atoms with E-state index in [0.717, 1.165) is 38.8 Å². The van der Waals surface area contributed by atoms with E-state index >= 15 is 0 Å². The van der Waals surface area contributed by atoms with Crippen LogP contribution in [-0.2, 0) is 6.54 Å². The molecule has 3 aromatic heterocycles. The molecule has 3 aromatic rings. The van der Waals surface area contributed by atoms with Crippen LogP contribution in [0.2, 0.25) is 5.02 Å². The van der Waals surface area contributed by atoms with E-state index in [1.165, 1.54) is 0 Å². The number of nitrogens with zero attached hydrogens (tertiary/aromatic N) is 3. The number of rotatable bonds is 3. The lowest BCUT2D eigenvalue weighted by atomic mass is 10.3. The molecule has 0 spiro atoms. The highest BCUT2D eigenvalue weighted by Gasteiger charge is 2.09. The second-order valence-corrected chi connectivity index (χ2v) is 5.57. The maximum Gasteiger partial charge on any atom is 0.0982 e. The van der Waals surface area contributed by atoms with Crippen LogP contribution in [0.5, 0.6) is 0 Å². The molecular weight excluding hydrogens is 266 g/mol. The van der Waals surface area contributed by atoms with Crippen molar-refractivity contribution in [1.82, 2.24) is 14.5 Å². The molecule has 0 aromatic carbocycles. The predicted octanol–water partition coefficient (Wildman–Crippen LogP) is 4.22. The number of hydrogen-bond acceptors (Lipinski definition) is 3. The van der Waals surface area contributed by atoms with Crippen LogP contribution in [0.3, 0.4) is 0 Å². The van der Waals surface area contributed by atoms with E-state index in [2.05, 4.69) is 27.7 Å². The van der Waals surface area contributed by atoms with E-state index in [1.807, 2.05) is 18.5 Å². The Kier molecular flexibility index (Phi) is 3.06. The molecule has 0 unspecified atom stereocenters. The van der Waals surface area contributed by atoms with Gasteiger partial charge in [0.15, 0.2) is 0 Å². The topological polar surface area (TPSA) is 30.7 Å². The van der Waals surface area contributed by atoms with Gasteiger partial charge in [-0.1, -0.05) is 18.5 Å². The second-order valence-electron chi connectivity index (χ2n) is 4.11. The van der Waals surface area contributed by atoms with Gasteiger partial charge in [0.1, 0.15) is 0 Å². The van der Waals surface area contributed by atoms with Crippen molar-refractivity contribution >= 4 is 33.2 Å². The zero-order chi connectivity index (χ0) is 12.5.